The van der Waals surface area contributed by atoms with Gasteiger partial charge in [0.15, 0.2) is 5.17 Å². The number of benzene rings is 2. The molecular weight excluding hydrogens is 470 g/mol. The van der Waals surface area contributed by atoms with Gasteiger partial charge in [0, 0.05) is 14.5 Å². The van der Waals surface area contributed by atoms with E-state index in [1.165, 1.54) is 11.8 Å². The molecule has 0 saturated carbocycles. The van der Waals surface area contributed by atoms with Gasteiger partial charge in [-0.3, -0.25) is 4.79 Å². The number of nitrogens with zero attached hydrogens (tertiary/aromatic N) is 2. The Morgan fingerprint density at radius 2 is 1.92 bits per heavy atom. The molecule has 5 nitrogen and oxygen atoms in total. The van der Waals surface area contributed by atoms with Gasteiger partial charge in [-0.1, -0.05) is 55.8 Å². The van der Waals surface area contributed by atoms with Gasteiger partial charge in [0.1, 0.15) is 12.4 Å². The third-order valence-corrected chi connectivity index (χ3v) is 5.10. The maximum atomic E-state index is 11.1. The van der Waals surface area contributed by atoms with Crippen LogP contribution in [0.1, 0.15) is 11.1 Å². The molecule has 1 amide bonds. The number of halogens is 2. The average molecular weight is 483 g/mol. The van der Waals surface area contributed by atoms with Crippen LogP contribution in [-0.4, -0.2) is 23.0 Å². The highest BCUT2D eigenvalue weighted by Crippen LogP contribution is 2.23. The number of carbonyl (C=O) groups excluding carboxylic acids is 1. The molecule has 1 aliphatic rings. The smallest absolute Gasteiger partial charge is 0.236 e. The molecule has 0 bridgehead atoms. The number of nitrogens with one attached hydrogen (secondary N) is 1. The van der Waals surface area contributed by atoms with E-state index in [1.54, 1.807) is 6.21 Å². The molecule has 0 aromatic heterocycles. The molecule has 0 atom stereocenters. The Balaban J connectivity index is 1.71. The minimum absolute atomic E-state index is 0.0556. The first-order valence-electron chi connectivity index (χ1n) is 7.30. The molecule has 1 fully saturated rings. The van der Waals surface area contributed by atoms with E-state index in [2.05, 4.69) is 47.4 Å². The monoisotopic (exact) mass is 481 g/mol. The lowest BCUT2D eigenvalue weighted by Crippen LogP contribution is -2.19. The number of rotatable bonds is 5. The van der Waals surface area contributed by atoms with Gasteiger partial charge in [-0.05, 0) is 35.9 Å². The molecular formula is C17H13Br2N3O2S. The van der Waals surface area contributed by atoms with E-state index < -0.39 is 0 Å². The maximum absolute atomic E-state index is 11.1. The van der Waals surface area contributed by atoms with Crippen molar-refractivity contribution in [1.29, 1.82) is 0 Å². The van der Waals surface area contributed by atoms with Crippen LogP contribution < -0.4 is 10.1 Å². The minimum atomic E-state index is -0.0556. The number of amidine groups is 1. The van der Waals surface area contributed by atoms with Crippen molar-refractivity contribution in [1.82, 2.24) is 5.32 Å². The number of carbonyl (C=O) groups is 1. The van der Waals surface area contributed by atoms with Gasteiger partial charge in [-0.25, -0.2) is 0 Å². The second kappa shape index (κ2) is 8.64. The Kier molecular flexibility index (Phi) is 6.28. The van der Waals surface area contributed by atoms with Crippen LogP contribution in [0.15, 0.2) is 61.6 Å². The van der Waals surface area contributed by atoms with E-state index in [9.17, 15) is 4.79 Å². The lowest BCUT2D eigenvalue weighted by atomic mass is 10.2. The molecule has 2 aromatic rings. The zero-order chi connectivity index (χ0) is 17.6. The Bertz CT molecular complexity index is 838. The third kappa shape index (κ3) is 5.42. The van der Waals surface area contributed by atoms with E-state index in [0.717, 1.165) is 20.1 Å². The van der Waals surface area contributed by atoms with Gasteiger partial charge in [0.25, 0.3) is 0 Å². The molecule has 0 aliphatic carbocycles. The zero-order valence-corrected chi connectivity index (χ0v) is 16.9. The van der Waals surface area contributed by atoms with Crippen LogP contribution in [0.2, 0.25) is 0 Å². The minimum Gasteiger partial charge on any atom is -0.488 e. The van der Waals surface area contributed by atoms with E-state index in [1.807, 2.05) is 42.5 Å². The fourth-order valence-electron chi connectivity index (χ4n) is 2.02. The Labute approximate surface area is 166 Å². The fourth-order valence-corrected chi connectivity index (χ4v) is 3.29. The van der Waals surface area contributed by atoms with Crippen molar-refractivity contribution in [2.45, 2.75) is 6.61 Å². The predicted octanol–water partition coefficient (Wildman–Crippen LogP) is 4.34. The van der Waals surface area contributed by atoms with E-state index in [-0.39, 0.29) is 5.91 Å². The molecule has 1 N–H and O–H groups in total. The standard InChI is InChI=1S/C17H13Br2N3O2S/c18-13-3-1-11(2-4-13)9-24-15-6-5-14(19)7-12(15)8-20-22-17-21-16(23)10-25-17/h1-8H,9-10H2,(H,21,22,23). The lowest BCUT2D eigenvalue weighted by molar-refractivity contribution is -0.116. The van der Waals surface area contributed by atoms with E-state index in [0.29, 0.717) is 23.3 Å². The molecule has 1 heterocycles. The summed E-state index contributed by atoms with van der Waals surface area (Å²) in [4.78, 5) is 11.1. The molecule has 2 aromatic carbocycles. The normalized spacial score (nSPS) is 15.8. The molecule has 128 valence electrons. The summed E-state index contributed by atoms with van der Waals surface area (Å²) in [5.74, 6) is 1.03. The quantitative estimate of drug-likeness (QED) is 0.509. The molecule has 0 unspecified atom stereocenters. The van der Waals surface area contributed by atoms with Crippen molar-refractivity contribution < 1.29 is 9.53 Å². The third-order valence-electron chi connectivity index (χ3n) is 3.21. The number of amides is 1. The highest BCUT2D eigenvalue weighted by atomic mass is 79.9. The van der Waals surface area contributed by atoms with Crippen molar-refractivity contribution >= 4 is 60.9 Å². The molecule has 1 saturated heterocycles. The predicted molar refractivity (Wildman–Crippen MR) is 108 cm³/mol. The summed E-state index contributed by atoms with van der Waals surface area (Å²) in [6.45, 7) is 0.455. The van der Waals surface area contributed by atoms with Gasteiger partial charge in [-0.2, -0.15) is 5.10 Å². The summed E-state index contributed by atoms with van der Waals surface area (Å²) in [6.07, 6.45) is 1.61. The fraction of sp³-hybridized carbons (Fsp3) is 0.118. The van der Waals surface area contributed by atoms with Gasteiger partial charge in [-0.15, -0.1) is 5.10 Å². The van der Waals surface area contributed by atoms with Crippen molar-refractivity contribution in [3.05, 3.63) is 62.5 Å². The van der Waals surface area contributed by atoms with Crippen molar-refractivity contribution in [2.24, 2.45) is 10.2 Å². The first-order valence-corrected chi connectivity index (χ1v) is 9.88. The summed E-state index contributed by atoms with van der Waals surface area (Å²) in [7, 11) is 0. The number of hydrogen-bond acceptors (Lipinski definition) is 5. The average Bonchev–Trinajstić information content (AvgIpc) is 3.01. The van der Waals surface area contributed by atoms with Gasteiger partial charge in [0.2, 0.25) is 5.91 Å². The number of thioether (sulfide) groups is 1. The van der Waals surface area contributed by atoms with Crippen molar-refractivity contribution in [3.63, 3.8) is 0 Å². The SMILES string of the molecule is O=C1CSC(=NN=Cc2cc(Br)ccc2OCc2ccc(Br)cc2)N1. The van der Waals surface area contributed by atoms with Crippen molar-refractivity contribution in [3.8, 4) is 5.75 Å². The second-order valence-corrected chi connectivity index (χ2v) is 7.88. The largest absolute Gasteiger partial charge is 0.488 e. The van der Waals surface area contributed by atoms with Gasteiger partial charge >= 0.3 is 0 Å². The summed E-state index contributed by atoms with van der Waals surface area (Å²) < 4.78 is 7.86. The molecule has 1 aliphatic heterocycles. The lowest BCUT2D eigenvalue weighted by Gasteiger charge is -2.09. The van der Waals surface area contributed by atoms with Crippen LogP contribution >= 0.6 is 43.6 Å². The first-order chi connectivity index (χ1) is 12.1. The van der Waals surface area contributed by atoms with Crippen molar-refractivity contribution in [2.75, 3.05) is 5.75 Å². The van der Waals surface area contributed by atoms with Gasteiger partial charge < -0.3 is 10.1 Å². The van der Waals surface area contributed by atoms with Crippen LogP contribution in [0.5, 0.6) is 5.75 Å². The topological polar surface area (TPSA) is 63.0 Å². The second-order valence-electron chi connectivity index (χ2n) is 5.08. The van der Waals surface area contributed by atoms with Crippen LogP contribution in [0, 0.1) is 0 Å². The molecule has 25 heavy (non-hydrogen) atoms. The first kappa shape index (κ1) is 18.2. The molecule has 0 spiro atoms. The Morgan fingerprint density at radius 3 is 2.64 bits per heavy atom. The van der Waals surface area contributed by atoms with Crippen LogP contribution in [0.3, 0.4) is 0 Å². The highest BCUT2D eigenvalue weighted by molar-refractivity contribution is 9.10. The summed E-state index contributed by atoms with van der Waals surface area (Å²) in [5, 5.41) is 11.2. The highest BCUT2D eigenvalue weighted by Gasteiger charge is 2.16. The van der Waals surface area contributed by atoms with Crippen LogP contribution in [-0.2, 0) is 11.4 Å². The van der Waals surface area contributed by atoms with Gasteiger partial charge in [0.05, 0.1) is 12.0 Å². The summed E-state index contributed by atoms with van der Waals surface area (Å²) >= 11 is 8.20. The molecule has 0 radical (unpaired) electrons. The van der Waals surface area contributed by atoms with E-state index >= 15 is 0 Å². The summed E-state index contributed by atoms with van der Waals surface area (Å²) in [6, 6.07) is 13.7. The maximum Gasteiger partial charge on any atom is 0.236 e. The van der Waals surface area contributed by atoms with Crippen LogP contribution in [0.4, 0.5) is 0 Å². The molecule has 3 rings (SSSR count). The number of ether oxygens (including phenoxy) is 1. The Morgan fingerprint density at radius 1 is 1.16 bits per heavy atom. The number of hydrogen-bond donors (Lipinski definition) is 1. The van der Waals surface area contributed by atoms with E-state index in [4.69, 9.17) is 4.74 Å². The molecule has 8 heteroatoms. The van der Waals surface area contributed by atoms with Crippen LogP contribution in [0.25, 0.3) is 0 Å². The summed E-state index contributed by atoms with van der Waals surface area (Å²) in [5.41, 5.74) is 1.87. The Hall–Kier alpha value is -1.64. The zero-order valence-electron chi connectivity index (χ0n) is 12.9.